The van der Waals surface area contributed by atoms with Crippen LogP contribution < -0.4 is 11.1 Å². The molecule has 3 N–H and O–H groups in total. The summed E-state index contributed by atoms with van der Waals surface area (Å²) >= 11 is 0. The van der Waals surface area contributed by atoms with E-state index >= 15 is 0 Å². The molecule has 1 amide bonds. The van der Waals surface area contributed by atoms with Crippen LogP contribution >= 0.6 is 0 Å². The van der Waals surface area contributed by atoms with Gasteiger partial charge in [0.15, 0.2) is 0 Å². The van der Waals surface area contributed by atoms with Crippen molar-refractivity contribution in [3.05, 3.63) is 0 Å². The number of hydrogen-bond donors (Lipinski definition) is 2. The van der Waals surface area contributed by atoms with Gasteiger partial charge in [-0.2, -0.15) is 0 Å². The molecule has 0 saturated heterocycles. The van der Waals surface area contributed by atoms with Crippen LogP contribution in [0.5, 0.6) is 0 Å². The monoisotopic (exact) mass is 228 g/mol. The van der Waals surface area contributed by atoms with Crippen LogP contribution in [0, 0.1) is 11.8 Å². The molecule has 1 saturated carbocycles. The molecule has 0 aliphatic heterocycles. The van der Waals surface area contributed by atoms with E-state index in [2.05, 4.69) is 12.2 Å². The summed E-state index contributed by atoms with van der Waals surface area (Å²) in [5, 5.41) is 2.95. The molecule has 4 heteroatoms. The van der Waals surface area contributed by atoms with Gasteiger partial charge in [0, 0.05) is 32.2 Å². The average Bonchev–Trinajstić information content (AvgIpc) is 2.28. The summed E-state index contributed by atoms with van der Waals surface area (Å²) < 4.78 is 4.93. The SMILES string of the molecule is COCCCNC(=O)C1CCC(C)C(N)C1. The van der Waals surface area contributed by atoms with Gasteiger partial charge in [0.1, 0.15) is 0 Å². The van der Waals surface area contributed by atoms with Gasteiger partial charge in [-0.3, -0.25) is 4.79 Å². The third-order valence-electron chi connectivity index (χ3n) is 3.45. The lowest BCUT2D eigenvalue weighted by molar-refractivity contribution is -0.126. The second kappa shape index (κ2) is 6.86. The van der Waals surface area contributed by atoms with E-state index in [-0.39, 0.29) is 17.9 Å². The maximum atomic E-state index is 11.8. The van der Waals surface area contributed by atoms with E-state index in [9.17, 15) is 4.79 Å². The Labute approximate surface area is 97.9 Å². The summed E-state index contributed by atoms with van der Waals surface area (Å²) in [5.74, 6) is 0.838. The zero-order valence-corrected chi connectivity index (χ0v) is 10.4. The van der Waals surface area contributed by atoms with Gasteiger partial charge >= 0.3 is 0 Å². The number of ether oxygens (including phenoxy) is 1. The number of carbonyl (C=O) groups excluding carboxylic acids is 1. The van der Waals surface area contributed by atoms with Crippen molar-refractivity contribution in [3.8, 4) is 0 Å². The maximum absolute atomic E-state index is 11.8. The average molecular weight is 228 g/mol. The molecule has 4 nitrogen and oxygen atoms in total. The predicted molar refractivity (Wildman–Crippen MR) is 64.0 cm³/mol. The highest BCUT2D eigenvalue weighted by Crippen LogP contribution is 2.27. The van der Waals surface area contributed by atoms with Crippen molar-refractivity contribution in [1.29, 1.82) is 0 Å². The lowest BCUT2D eigenvalue weighted by Crippen LogP contribution is -2.41. The first-order chi connectivity index (χ1) is 7.65. The fourth-order valence-corrected chi connectivity index (χ4v) is 2.17. The number of carbonyl (C=O) groups is 1. The van der Waals surface area contributed by atoms with Crippen molar-refractivity contribution in [1.82, 2.24) is 5.32 Å². The summed E-state index contributed by atoms with van der Waals surface area (Å²) in [7, 11) is 1.67. The molecule has 0 bridgehead atoms. The largest absolute Gasteiger partial charge is 0.385 e. The second-order valence-electron chi connectivity index (χ2n) is 4.79. The number of hydrogen-bond acceptors (Lipinski definition) is 3. The summed E-state index contributed by atoms with van der Waals surface area (Å²) in [6.45, 7) is 3.56. The fraction of sp³-hybridized carbons (Fsp3) is 0.917. The number of nitrogens with two attached hydrogens (primary N) is 1. The molecule has 0 aromatic heterocycles. The Bertz CT molecular complexity index is 221. The molecule has 1 aliphatic rings. The molecule has 0 radical (unpaired) electrons. The molecule has 0 spiro atoms. The van der Waals surface area contributed by atoms with Crippen molar-refractivity contribution in [2.24, 2.45) is 17.6 Å². The zero-order chi connectivity index (χ0) is 12.0. The van der Waals surface area contributed by atoms with E-state index in [1.54, 1.807) is 7.11 Å². The highest BCUT2D eigenvalue weighted by molar-refractivity contribution is 5.78. The molecule has 1 fully saturated rings. The fourth-order valence-electron chi connectivity index (χ4n) is 2.17. The Morgan fingerprint density at radius 3 is 2.88 bits per heavy atom. The molecule has 94 valence electrons. The van der Waals surface area contributed by atoms with E-state index in [1.807, 2.05) is 0 Å². The number of rotatable bonds is 5. The van der Waals surface area contributed by atoms with Crippen molar-refractivity contribution in [2.75, 3.05) is 20.3 Å². The molecule has 1 rings (SSSR count). The molecule has 3 atom stereocenters. The van der Waals surface area contributed by atoms with E-state index in [0.29, 0.717) is 19.1 Å². The topological polar surface area (TPSA) is 64.3 Å². The molecule has 0 heterocycles. The van der Waals surface area contributed by atoms with Crippen LogP contribution in [0.3, 0.4) is 0 Å². The van der Waals surface area contributed by atoms with Crippen molar-refractivity contribution < 1.29 is 9.53 Å². The van der Waals surface area contributed by atoms with E-state index in [1.165, 1.54) is 0 Å². The summed E-state index contributed by atoms with van der Waals surface area (Å²) in [6, 6.07) is 0.184. The van der Waals surface area contributed by atoms with E-state index in [4.69, 9.17) is 10.5 Å². The van der Waals surface area contributed by atoms with Crippen LogP contribution in [0.2, 0.25) is 0 Å². The van der Waals surface area contributed by atoms with Gasteiger partial charge in [-0.15, -0.1) is 0 Å². The molecular weight excluding hydrogens is 204 g/mol. The number of amides is 1. The van der Waals surface area contributed by atoms with Gasteiger partial charge in [0.25, 0.3) is 0 Å². The van der Waals surface area contributed by atoms with Crippen LogP contribution in [-0.4, -0.2) is 32.2 Å². The summed E-state index contributed by atoms with van der Waals surface area (Å²) in [4.78, 5) is 11.8. The van der Waals surface area contributed by atoms with E-state index in [0.717, 1.165) is 25.7 Å². The van der Waals surface area contributed by atoms with Gasteiger partial charge in [0.05, 0.1) is 0 Å². The predicted octanol–water partition coefficient (Wildman–Crippen LogP) is 0.903. The minimum absolute atomic E-state index is 0.119. The van der Waals surface area contributed by atoms with Crippen LogP contribution in [-0.2, 0) is 9.53 Å². The molecule has 0 aromatic carbocycles. The van der Waals surface area contributed by atoms with Gasteiger partial charge in [-0.25, -0.2) is 0 Å². The third-order valence-corrected chi connectivity index (χ3v) is 3.45. The highest BCUT2D eigenvalue weighted by Gasteiger charge is 2.29. The smallest absolute Gasteiger partial charge is 0.223 e. The quantitative estimate of drug-likeness (QED) is 0.687. The minimum Gasteiger partial charge on any atom is -0.385 e. The van der Waals surface area contributed by atoms with Crippen molar-refractivity contribution in [3.63, 3.8) is 0 Å². The first-order valence-electron chi connectivity index (χ1n) is 6.17. The van der Waals surface area contributed by atoms with E-state index < -0.39 is 0 Å². The van der Waals surface area contributed by atoms with Crippen molar-refractivity contribution in [2.45, 2.75) is 38.6 Å². The van der Waals surface area contributed by atoms with Crippen molar-refractivity contribution >= 4 is 5.91 Å². The first-order valence-corrected chi connectivity index (χ1v) is 6.17. The Balaban J connectivity index is 2.21. The van der Waals surface area contributed by atoms with Gasteiger partial charge < -0.3 is 15.8 Å². The third kappa shape index (κ3) is 4.10. The second-order valence-corrected chi connectivity index (χ2v) is 4.79. The molecule has 16 heavy (non-hydrogen) atoms. The normalized spacial score (nSPS) is 30.1. The Hall–Kier alpha value is -0.610. The minimum atomic E-state index is 0.119. The number of nitrogens with one attached hydrogen (secondary N) is 1. The van der Waals surface area contributed by atoms with Gasteiger partial charge in [-0.1, -0.05) is 6.92 Å². The molecular formula is C12H24N2O2. The van der Waals surface area contributed by atoms with Crippen LogP contribution in [0.25, 0.3) is 0 Å². The molecule has 3 unspecified atom stereocenters. The summed E-state index contributed by atoms with van der Waals surface area (Å²) in [6.07, 6.45) is 3.75. The van der Waals surface area contributed by atoms with Crippen LogP contribution in [0.15, 0.2) is 0 Å². The first kappa shape index (κ1) is 13.5. The molecule has 1 aliphatic carbocycles. The Morgan fingerprint density at radius 1 is 1.50 bits per heavy atom. The molecule has 0 aromatic rings. The van der Waals surface area contributed by atoms with Crippen LogP contribution in [0.1, 0.15) is 32.6 Å². The van der Waals surface area contributed by atoms with Crippen LogP contribution in [0.4, 0.5) is 0 Å². The number of methoxy groups -OCH3 is 1. The zero-order valence-electron chi connectivity index (χ0n) is 10.4. The highest BCUT2D eigenvalue weighted by atomic mass is 16.5. The Morgan fingerprint density at radius 2 is 2.25 bits per heavy atom. The summed E-state index contributed by atoms with van der Waals surface area (Å²) in [5.41, 5.74) is 5.98. The van der Waals surface area contributed by atoms with Gasteiger partial charge in [0.2, 0.25) is 5.91 Å². The van der Waals surface area contributed by atoms with Gasteiger partial charge in [-0.05, 0) is 31.6 Å². The maximum Gasteiger partial charge on any atom is 0.223 e. The standard InChI is InChI=1S/C12H24N2O2/c1-9-4-5-10(8-11(9)13)12(15)14-6-3-7-16-2/h9-11H,3-8,13H2,1-2H3,(H,14,15). The lowest BCUT2D eigenvalue weighted by atomic mass is 9.79. The Kier molecular flexibility index (Phi) is 5.77. The lowest BCUT2D eigenvalue weighted by Gasteiger charge is -2.31.